The number of hydrogen-bond acceptors (Lipinski definition) is 2. The van der Waals surface area contributed by atoms with Gasteiger partial charge in [0.2, 0.25) is 0 Å². The quantitative estimate of drug-likeness (QED) is 0.795. The lowest BCUT2D eigenvalue weighted by Crippen LogP contribution is -2.31. The second-order valence-electron chi connectivity index (χ2n) is 4.89. The average molecular weight is 300 g/mol. The molecule has 0 amide bonds. The van der Waals surface area contributed by atoms with Gasteiger partial charge >= 0.3 is 6.05 Å². The summed E-state index contributed by atoms with van der Waals surface area (Å²) in [5, 5.41) is 10.1. The van der Waals surface area contributed by atoms with Crippen molar-refractivity contribution in [2.24, 2.45) is 0 Å². The van der Waals surface area contributed by atoms with Crippen LogP contribution >= 0.6 is 0 Å². The van der Waals surface area contributed by atoms with E-state index in [0.717, 1.165) is 0 Å². The van der Waals surface area contributed by atoms with E-state index >= 15 is 0 Å². The fourth-order valence-corrected chi connectivity index (χ4v) is 2.31. The molecule has 1 heterocycles. The van der Waals surface area contributed by atoms with Crippen molar-refractivity contribution in [1.29, 1.82) is 0 Å². The Morgan fingerprint density at radius 2 is 1.55 bits per heavy atom. The number of aliphatic hydroxyl groups is 1. The maximum atomic E-state index is 14.7. The van der Waals surface area contributed by atoms with E-state index < -0.39 is 12.2 Å². The molecule has 0 saturated carbocycles. The topological polar surface area (TPSA) is 38.0 Å². The van der Waals surface area contributed by atoms with Gasteiger partial charge in [-0.25, -0.2) is 4.98 Å². The zero-order valence-corrected chi connectivity index (χ0v) is 11.6. The first-order chi connectivity index (χ1) is 10.6. The summed E-state index contributed by atoms with van der Waals surface area (Å²) in [6.45, 7) is 0. The Morgan fingerprint density at radius 1 is 0.955 bits per heavy atom. The van der Waals surface area contributed by atoms with Crippen LogP contribution in [-0.2, 0) is 6.05 Å². The third-order valence-electron chi connectivity index (χ3n) is 3.44. The summed E-state index contributed by atoms with van der Waals surface area (Å²) in [4.78, 5) is 4.00. The molecule has 1 atom stereocenters. The summed E-state index contributed by atoms with van der Waals surface area (Å²) >= 11 is 0. The summed E-state index contributed by atoms with van der Waals surface area (Å²) < 4.78 is 30.1. The molecular formula is C17H14F2N2O. The summed E-state index contributed by atoms with van der Waals surface area (Å²) in [5.74, 6) is 0.112. The van der Waals surface area contributed by atoms with Crippen LogP contribution in [0.15, 0.2) is 73.1 Å². The van der Waals surface area contributed by atoms with Crippen molar-refractivity contribution >= 4 is 0 Å². The van der Waals surface area contributed by atoms with Gasteiger partial charge in [-0.15, -0.1) is 0 Å². The number of imidazole rings is 1. The minimum Gasteiger partial charge on any atom is -0.380 e. The predicted molar refractivity (Wildman–Crippen MR) is 79.3 cm³/mol. The Balaban J connectivity index is 2.02. The molecule has 0 fully saturated rings. The number of halogens is 2. The van der Waals surface area contributed by atoms with Crippen molar-refractivity contribution in [3.05, 3.63) is 78.6 Å². The molecule has 1 aromatic heterocycles. The van der Waals surface area contributed by atoms with Crippen molar-refractivity contribution in [1.82, 2.24) is 9.55 Å². The minimum absolute atomic E-state index is 0.112. The number of hydrogen-bond donors (Lipinski definition) is 1. The van der Waals surface area contributed by atoms with Gasteiger partial charge in [0.05, 0.1) is 0 Å². The Bertz CT molecular complexity index is 742. The van der Waals surface area contributed by atoms with Crippen molar-refractivity contribution in [3.63, 3.8) is 0 Å². The lowest BCUT2D eigenvalue weighted by atomic mass is 10.1. The second-order valence-corrected chi connectivity index (χ2v) is 4.89. The Hall–Kier alpha value is -2.53. The van der Waals surface area contributed by atoms with Gasteiger partial charge in [-0.1, -0.05) is 60.7 Å². The molecule has 112 valence electrons. The van der Waals surface area contributed by atoms with Crippen molar-refractivity contribution in [3.8, 4) is 11.4 Å². The number of aromatic nitrogens is 2. The fourth-order valence-electron chi connectivity index (χ4n) is 2.31. The van der Waals surface area contributed by atoms with Crippen LogP contribution < -0.4 is 0 Å². The molecule has 22 heavy (non-hydrogen) atoms. The molecule has 3 nitrogen and oxygen atoms in total. The predicted octanol–water partition coefficient (Wildman–Crippen LogP) is 3.83. The van der Waals surface area contributed by atoms with E-state index in [0.29, 0.717) is 10.1 Å². The number of aliphatic hydroxyl groups excluding tert-OH is 1. The average Bonchev–Trinajstić information content (AvgIpc) is 3.06. The maximum absolute atomic E-state index is 14.7. The van der Waals surface area contributed by atoms with E-state index in [2.05, 4.69) is 4.98 Å². The Labute approximate surface area is 126 Å². The molecule has 0 radical (unpaired) electrons. The Morgan fingerprint density at radius 3 is 2.18 bits per heavy atom. The van der Waals surface area contributed by atoms with Gasteiger partial charge in [-0.3, -0.25) is 4.57 Å². The summed E-state index contributed by atoms with van der Waals surface area (Å²) in [6, 6.07) is 13.1. The van der Waals surface area contributed by atoms with Gasteiger partial charge in [-0.05, 0) is 5.56 Å². The zero-order chi connectivity index (χ0) is 15.6. The third kappa shape index (κ3) is 2.51. The number of nitrogens with zero attached hydrogens (tertiary/aromatic N) is 2. The van der Waals surface area contributed by atoms with Gasteiger partial charge in [0.15, 0.2) is 6.10 Å². The molecule has 0 aliphatic carbocycles. The normalized spacial score (nSPS) is 13.0. The monoisotopic (exact) mass is 300 g/mol. The summed E-state index contributed by atoms with van der Waals surface area (Å²) in [5.41, 5.74) is 0.715. The van der Waals surface area contributed by atoms with Crippen molar-refractivity contribution in [2.75, 3.05) is 0 Å². The van der Waals surface area contributed by atoms with Gasteiger partial charge in [0.1, 0.15) is 5.82 Å². The highest BCUT2D eigenvalue weighted by atomic mass is 19.3. The van der Waals surface area contributed by atoms with Gasteiger partial charge < -0.3 is 5.11 Å². The highest BCUT2D eigenvalue weighted by molar-refractivity contribution is 5.55. The van der Waals surface area contributed by atoms with Crippen LogP contribution in [0.3, 0.4) is 0 Å². The van der Waals surface area contributed by atoms with Crippen LogP contribution in [0.2, 0.25) is 0 Å². The van der Waals surface area contributed by atoms with Gasteiger partial charge in [-0.2, -0.15) is 8.78 Å². The number of benzene rings is 2. The van der Waals surface area contributed by atoms with Crippen LogP contribution in [0.4, 0.5) is 8.78 Å². The summed E-state index contributed by atoms with van der Waals surface area (Å²) in [7, 11) is 0. The van der Waals surface area contributed by atoms with Crippen LogP contribution in [0, 0.1) is 0 Å². The highest BCUT2D eigenvalue weighted by Gasteiger charge is 2.42. The lowest BCUT2D eigenvalue weighted by molar-refractivity contribution is -0.173. The molecular weight excluding hydrogens is 286 g/mol. The third-order valence-corrected chi connectivity index (χ3v) is 3.44. The number of alkyl halides is 2. The SMILES string of the molecule is O[C@H](c1ccccc1)C(F)(F)n1ccnc1-c1ccccc1. The van der Waals surface area contributed by atoms with Crippen LogP contribution in [0.5, 0.6) is 0 Å². The van der Waals surface area contributed by atoms with E-state index in [1.165, 1.54) is 24.5 Å². The molecule has 1 N–H and O–H groups in total. The molecule has 0 saturated heterocycles. The van der Waals surface area contributed by atoms with E-state index in [4.69, 9.17) is 0 Å². The first-order valence-corrected chi connectivity index (χ1v) is 6.81. The number of rotatable bonds is 4. The zero-order valence-electron chi connectivity index (χ0n) is 11.6. The largest absolute Gasteiger partial charge is 0.380 e. The highest BCUT2D eigenvalue weighted by Crippen LogP contribution is 2.38. The van der Waals surface area contributed by atoms with Crippen molar-refractivity contribution < 1.29 is 13.9 Å². The first kappa shape index (κ1) is 14.4. The second kappa shape index (κ2) is 5.69. The van der Waals surface area contributed by atoms with E-state index in [-0.39, 0.29) is 11.4 Å². The minimum atomic E-state index is -3.51. The summed E-state index contributed by atoms with van der Waals surface area (Å²) in [6.07, 6.45) is 0.521. The smallest absolute Gasteiger partial charge is 0.360 e. The molecule has 2 aromatic carbocycles. The maximum Gasteiger partial charge on any atom is 0.360 e. The first-order valence-electron chi connectivity index (χ1n) is 6.81. The van der Waals surface area contributed by atoms with Crippen molar-refractivity contribution in [2.45, 2.75) is 12.2 Å². The van der Waals surface area contributed by atoms with E-state index in [9.17, 15) is 13.9 Å². The Kier molecular flexibility index (Phi) is 3.73. The lowest BCUT2D eigenvalue weighted by Gasteiger charge is -2.25. The van der Waals surface area contributed by atoms with Crippen LogP contribution in [0.25, 0.3) is 11.4 Å². The fraction of sp³-hybridized carbons (Fsp3) is 0.118. The van der Waals surface area contributed by atoms with E-state index in [1.807, 2.05) is 0 Å². The molecule has 0 bridgehead atoms. The molecule has 5 heteroatoms. The molecule has 0 aliphatic rings. The molecule has 3 rings (SSSR count). The molecule has 3 aromatic rings. The van der Waals surface area contributed by atoms with Gasteiger partial charge in [0.25, 0.3) is 0 Å². The standard InChI is InChI=1S/C17H14F2N2O/c18-17(19,15(22)13-7-3-1-4-8-13)21-12-11-20-16(21)14-9-5-2-6-10-14/h1-12,15,22H/t15-/m1/s1. The molecule has 0 unspecified atom stereocenters. The van der Waals surface area contributed by atoms with Crippen LogP contribution in [0.1, 0.15) is 11.7 Å². The molecule has 0 aliphatic heterocycles. The van der Waals surface area contributed by atoms with E-state index in [1.54, 1.807) is 48.5 Å². The van der Waals surface area contributed by atoms with Gasteiger partial charge in [0, 0.05) is 18.0 Å². The molecule has 0 spiro atoms. The van der Waals surface area contributed by atoms with Crippen LogP contribution in [-0.4, -0.2) is 14.7 Å².